The molecule has 5 amide bonds. The summed E-state index contributed by atoms with van der Waals surface area (Å²) in [7, 11) is 3.34. The fourth-order valence-electron chi connectivity index (χ4n) is 10.7. The van der Waals surface area contributed by atoms with Crippen LogP contribution in [0.25, 0.3) is 33.4 Å². The summed E-state index contributed by atoms with van der Waals surface area (Å²) in [6, 6.07) is 7.45. The number of urea groups is 1. The number of carbonyl (C=O) groups excluding carboxylic acids is 5. The largest absolute Gasteiger partial charge is 0.464 e. The molecule has 2 N–H and O–H groups in total. The second-order valence-electron chi connectivity index (χ2n) is 20.5. The van der Waals surface area contributed by atoms with Crippen LogP contribution in [-0.2, 0) is 48.0 Å². The van der Waals surface area contributed by atoms with Crippen LogP contribution in [0.5, 0.6) is 0 Å². The zero-order valence-corrected chi connectivity index (χ0v) is 42.5. The van der Waals surface area contributed by atoms with E-state index in [4.69, 9.17) is 19.4 Å². The molecule has 3 aromatic heterocycles. The van der Waals surface area contributed by atoms with Crippen molar-refractivity contribution in [3.05, 3.63) is 70.3 Å². The molecule has 7 heterocycles. The van der Waals surface area contributed by atoms with Gasteiger partial charge in [-0.2, -0.15) is 0 Å². The van der Waals surface area contributed by atoms with Crippen LogP contribution in [0.15, 0.2) is 54.1 Å². The Balaban J connectivity index is 1.10. The number of esters is 1. The Bertz CT molecular complexity index is 2600. The normalized spacial score (nSPS) is 21.5. The first kappa shape index (κ1) is 49.8. The summed E-state index contributed by atoms with van der Waals surface area (Å²) < 4.78 is 14.3. The lowest BCUT2D eigenvalue weighted by Crippen LogP contribution is -2.64. The Labute approximate surface area is 409 Å². The van der Waals surface area contributed by atoms with Crippen molar-refractivity contribution in [2.75, 3.05) is 53.5 Å². The number of likely N-dealkylation sites (tertiary alicyclic amines) is 2. The third-order valence-electron chi connectivity index (χ3n) is 14.5. The van der Waals surface area contributed by atoms with Crippen molar-refractivity contribution < 1.29 is 33.4 Å². The van der Waals surface area contributed by atoms with E-state index >= 15 is 0 Å². The first-order valence-electron chi connectivity index (χ1n) is 24.5. The molecule has 4 atom stereocenters. The van der Waals surface area contributed by atoms with E-state index in [2.05, 4.69) is 60.3 Å². The molecular formula is C52H69N9O7S. The average molecular weight is 964 g/mol. The number of benzene rings is 1. The van der Waals surface area contributed by atoms with Gasteiger partial charge in [-0.05, 0) is 94.7 Å². The Morgan fingerprint density at radius 2 is 1.84 bits per heavy atom. The number of methoxy groups -OCH3 is 1. The average Bonchev–Trinajstić information content (AvgIpc) is 3.92. The van der Waals surface area contributed by atoms with Crippen LogP contribution in [0.3, 0.4) is 0 Å². The van der Waals surface area contributed by atoms with Crippen LogP contribution in [0.1, 0.15) is 96.5 Å². The number of amides is 5. The molecule has 17 heteroatoms. The van der Waals surface area contributed by atoms with Crippen molar-refractivity contribution >= 4 is 52.0 Å². The first-order valence-corrected chi connectivity index (χ1v) is 25.4. The molecule has 0 aliphatic carbocycles. The zero-order valence-electron chi connectivity index (χ0n) is 41.7. The quantitative estimate of drug-likeness (QED) is 0.135. The molecule has 8 rings (SSSR count). The monoisotopic (exact) mass is 964 g/mol. The number of nitrogens with zero attached hydrogens (tertiary/aromatic N) is 7. The number of hydrogen-bond acceptors (Lipinski definition) is 11. The van der Waals surface area contributed by atoms with E-state index in [1.807, 2.05) is 44.0 Å². The SMILES string of the molecule is C/C=C/C(=O)N1CC2(CCN(C(=O)N(C)C(C(=O)N[C@H]3Cc4nc(cs4)-c4ccc5c(c4)c(c(-c4cccnc4[C@H](C)OC)n5CC)CC(C)(C)COC(=O)[C@@H]4CCCN(N4)C3=O)C(C)C)CC2)C1. The summed E-state index contributed by atoms with van der Waals surface area (Å²) >= 11 is 1.42. The lowest BCUT2D eigenvalue weighted by molar-refractivity contribution is -0.155. The van der Waals surface area contributed by atoms with E-state index in [1.54, 1.807) is 37.4 Å². The number of aromatic nitrogens is 3. The van der Waals surface area contributed by atoms with E-state index in [1.165, 1.54) is 21.2 Å². The molecule has 1 spiro atoms. The fourth-order valence-corrected chi connectivity index (χ4v) is 11.6. The number of allylic oxidation sites excluding steroid dienone is 1. The predicted octanol–water partition coefficient (Wildman–Crippen LogP) is 6.78. The number of thiazole rings is 1. The van der Waals surface area contributed by atoms with Gasteiger partial charge in [0.2, 0.25) is 11.8 Å². The van der Waals surface area contributed by atoms with Gasteiger partial charge in [0.25, 0.3) is 5.91 Å². The van der Waals surface area contributed by atoms with Gasteiger partial charge in [-0.1, -0.05) is 39.8 Å². The Kier molecular flexibility index (Phi) is 14.7. The van der Waals surface area contributed by atoms with Gasteiger partial charge in [-0.25, -0.2) is 15.2 Å². The second-order valence-corrected chi connectivity index (χ2v) is 21.5. The summed E-state index contributed by atoms with van der Waals surface area (Å²) in [5, 5.41) is 8.19. The number of hydrazine groups is 1. The van der Waals surface area contributed by atoms with Gasteiger partial charge in [-0.3, -0.25) is 29.2 Å². The van der Waals surface area contributed by atoms with E-state index in [9.17, 15) is 24.0 Å². The van der Waals surface area contributed by atoms with Crippen LogP contribution < -0.4 is 10.7 Å². The molecule has 0 saturated carbocycles. The number of aryl methyl sites for hydroxylation is 1. The minimum absolute atomic E-state index is 0.00315. The first-order chi connectivity index (χ1) is 33.0. The van der Waals surface area contributed by atoms with Gasteiger partial charge in [0.1, 0.15) is 18.1 Å². The maximum atomic E-state index is 14.7. The standard InChI is InChI=1S/C52H69N9O7S/c1-10-14-43(62)59-29-52(30-59)19-23-58(24-20-52)50(66)57(8)45(32(3)4)47(63)55-39-26-42-54-40(28-69-42)34-17-18-41-36(25-34)37(46(60(41)11-2)35-15-12-21-53-44(35)33(5)67-9)27-51(6,7)31-68-49(65)38-16-13-22-61(56-38)48(39)64/h10,12,14-15,17-18,21,25,28,32-33,38-39,45,56H,11,13,16,19-20,22-24,26-27,29-31H2,1-9H3,(H,55,63)/b14-10+/t33-,38-,39-,45?/m0/s1. The molecule has 4 aliphatic heterocycles. The van der Waals surface area contributed by atoms with Crippen LogP contribution in [0.2, 0.25) is 0 Å². The van der Waals surface area contributed by atoms with Crippen molar-refractivity contribution in [2.45, 2.75) is 118 Å². The fraction of sp³-hybridized carbons (Fsp3) is 0.558. The Hall–Kier alpha value is -5.65. The molecule has 69 heavy (non-hydrogen) atoms. The highest BCUT2D eigenvalue weighted by Gasteiger charge is 2.48. The molecule has 4 aromatic rings. The number of nitrogens with one attached hydrogen (secondary N) is 2. The van der Waals surface area contributed by atoms with Gasteiger partial charge < -0.3 is 34.1 Å². The molecule has 4 aliphatic rings. The molecule has 3 fully saturated rings. The Morgan fingerprint density at radius 1 is 1.09 bits per heavy atom. The number of likely N-dealkylation sites (N-methyl/N-ethyl adjacent to an activating group) is 1. The second kappa shape index (κ2) is 20.4. The van der Waals surface area contributed by atoms with Gasteiger partial charge >= 0.3 is 12.0 Å². The molecule has 1 aromatic carbocycles. The van der Waals surface area contributed by atoms with E-state index in [0.29, 0.717) is 63.5 Å². The molecule has 3 saturated heterocycles. The van der Waals surface area contributed by atoms with Gasteiger partial charge in [0, 0.05) is 104 Å². The highest BCUT2D eigenvalue weighted by molar-refractivity contribution is 7.10. The summed E-state index contributed by atoms with van der Waals surface area (Å²) in [5.74, 6) is -1.59. The van der Waals surface area contributed by atoms with E-state index < -0.39 is 41.3 Å². The Morgan fingerprint density at radius 3 is 2.54 bits per heavy atom. The maximum Gasteiger partial charge on any atom is 0.324 e. The molecule has 0 radical (unpaired) electrons. The lowest BCUT2D eigenvalue weighted by atomic mass is 9.72. The minimum atomic E-state index is -1.07. The van der Waals surface area contributed by atoms with Crippen molar-refractivity contribution in [3.8, 4) is 22.5 Å². The lowest BCUT2D eigenvalue weighted by Gasteiger charge is -2.54. The summed E-state index contributed by atoms with van der Waals surface area (Å²) in [4.78, 5) is 84.8. The van der Waals surface area contributed by atoms with Gasteiger partial charge in [0.15, 0.2) is 0 Å². The third-order valence-corrected chi connectivity index (χ3v) is 15.4. The van der Waals surface area contributed by atoms with Crippen LogP contribution >= 0.6 is 11.3 Å². The topological polar surface area (TPSA) is 172 Å². The smallest absolute Gasteiger partial charge is 0.324 e. The predicted molar refractivity (Wildman–Crippen MR) is 266 cm³/mol. The number of pyridine rings is 1. The van der Waals surface area contributed by atoms with E-state index in [0.717, 1.165) is 57.5 Å². The van der Waals surface area contributed by atoms with Crippen molar-refractivity contribution in [2.24, 2.45) is 16.7 Å². The third kappa shape index (κ3) is 10.2. The molecule has 6 bridgehead atoms. The highest BCUT2D eigenvalue weighted by Crippen LogP contribution is 2.43. The number of ether oxygens (including phenoxy) is 2. The number of cyclic esters (lactones) is 1. The van der Waals surface area contributed by atoms with Crippen molar-refractivity contribution in [3.63, 3.8) is 0 Å². The molecule has 1 unspecified atom stereocenters. The zero-order chi connectivity index (χ0) is 49.4. The summed E-state index contributed by atoms with van der Waals surface area (Å²) in [6.07, 6.45) is 8.11. The summed E-state index contributed by atoms with van der Waals surface area (Å²) in [5.41, 5.74) is 9.33. The number of rotatable bonds is 9. The highest BCUT2D eigenvalue weighted by atomic mass is 32.1. The van der Waals surface area contributed by atoms with Crippen LogP contribution in [0.4, 0.5) is 4.79 Å². The maximum absolute atomic E-state index is 14.7. The van der Waals surface area contributed by atoms with Gasteiger partial charge in [-0.15, -0.1) is 11.3 Å². The summed E-state index contributed by atoms with van der Waals surface area (Å²) in [6.45, 7) is 17.5. The number of hydrogen-bond donors (Lipinski definition) is 2. The number of fused-ring (bicyclic) bond motifs is 6. The molecule has 16 nitrogen and oxygen atoms in total. The number of carbonyl (C=O) groups is 5. The van der Waals surface area contributed by atoms with Crippen LogP contribution in [-0.4, -0.2) is 136 Å². The van der Waals surface area contributed by atoms with Crippen molar-refractivity contribution in [1.82, 2.24) is 45.0 Å². The minimum Gasteiger partial charge on any atom is -0.464 e. The van der Waals surface area contributed by atoms with Crippen molar-refractivity contribution in [1.29, 1.82) is 0 Å². The van der Waals surface area contributed by atoms with Crippen LogP contribution in [0, 0.1) is 16.7 Å². The molecule has 370 valence electrons. The van der Waals surface area contributed by atoms with Gasteiger partial charge in [0.05, 0.1) is 34.8 Å². The van der Waals surface area contributed by atoms with E-state index in [-0.39, 0.29) is 42.4 Å². The number of piperidine rings is 1. The molecular weight excluding hydrogens is 895 g/mol.